The maximum atomic E-state index is 12.4. The van der Waals surface area contributed by atoms with E-state index < -0.39 is 0 Å². The quantitative estimate of drug-likeness (QED) is 0.587. The van der Waals surface area contributed by atoms with Crippen LogP contribution in [0.15, 0.2) is 83.3 Å². The number of hydrogen-bond acceptors (Lipinski definition) is 4. The van der Waals surface area contributed by atoms with Crippen molar-refractivity contribution in [2.75, 3.05) is 0 Å². The van der Waals surface area contributed by atoms with E-state index in [9.17, 15) is 4.79 Å². The van der Waals surface area contributed by atoms with Gasteiger partial charge >= 0.3 is 0 Å². The lowest BCUT2D eigenvalue weighted by atomic mass is 10.0. The Balaban J connectivity index is 1.54. The predicted molar refractivity (Wildman–Crippen MR) is 106 cm³/mol. The van der Waals surface area contributed by atoms with Crippen LogP contribution in [0.25, 0.3) is 28.2 Å². The Hall–Kier alpha value is -3.93. The summed E-state index contributed by atoms with van der Waals surface area (Å²) in [6.07, 6.45) is 9.25. The fourth-order valence-electron chi connectivity index (χ4n) is 3.19. The summed E-state index contributed by atoms with van der Waals surface area (Å²) in [5.74, 6) is 0.544. The van der Waals surface area contributed by atoms with E-state index >= 15 is 0 Å². The number of imidazole rings is 1. The summed E-state index contributed by atoms with van der Waals surface area (Å²) in [6, 6.07) is 13.5. The van der Waals surface area contributed by atoms with E-state index in [0.29, 0.717) is 11.3 Å². The molecule has 0 fully saturated rings. The smallest absolute Gasteiger partial charge is 0.257 e. The van der Waals surface area contributed by atoms with Gasteiger partial charge in [-0.05, 0) is 31.2 Å². The van der Waals surface area contributed by atoms with Crippen molar-refractivity contribution in [2.24, 2.45) is 0 Å². The van der Waals surface area contributed by atoms with E-state index in [4.69, 9.17) is 9.51 Å². The minimum atomic E-state index is -0.154. The molecule has 1 aliphatic carbocycles. The lowest BCUT2D eigenvalue weighted by Gasteiger charge is -2.09. The fourth-order valence-corrected chi connectivity index (χ4v) is 3.19. The molecule has 6 nitrogen and oxygen atoms in total. The summed E-state index contributed by atoms with van der Waals surface area (Å²) in [7, 11) is 0. The summed E-state index contributed by atoms with van der Waals surface area (Å²) in [5, 5.41) is 7.07. The molecule has 0 radical (unpaired) electrons. The number of aryl methyl sites for hydroxylation is 1. The lowest BCUT2D eigenvalue weighted by molar-refractivity contribution is 0.0966. The van der Waals surface area contributed by atoms with Crippen molar-refractivity contribution < 1.29 is 9.32 Å². The maximum absolute atomic E-state index is 12.4. The molecule has 0 atom stereocenters. The molecule has 3 aromatic heterocycles. The Bertz CT molecular complexity index is 1260. The van der Waals surface area contributed by atoms with Crippen LogP contribution in [0, 0.1) is 6.92 Å². The zero-order chi connectivity index (χ0) is 19.1. The van der Waals surface area contributed by atoms with E-state index in [0.717, 1.165) is 33.9 Å². The van der Waals surface area contributed by atoms with Gasteiger partial charge in [0.25, 0.3) is 5.91 Å². The van der Waals surface area contributed by atoms with Crippen LogP contribution in [0.3, 0.4) is 0 Å². The number of allylic oxidation sites excluding steroid dienone is 3. The van der Waals surface area contributed by atoms with E-state index in [1.807, 2.05) is 72.1 Å². The molecule has 1 aliphatic rings. The Morgan fingerprint density at radius 3 is 2.68 bits per heavy atom. The summed E-state index contributed by atoms with van der Waals surface area (Å²) < 4.78 is 7.29. The van der Waals surface area contributed by atoms with E-state index in [2.05, 4.69) is 10.5 Å². The van der Waals surface area contributed by atoms with Crippen molar-refractivity contribution >= 4 is 11.6 Å². The van der Waals surface area contributed by atoms with Gasteiger partial charge in [0.2, 0.25) is 0 Å². The molecule has 4 aromatic rings. The largest absolute Gasteiger partial charge is 0.360 e. The molecule has 136 valence electrons. The standard InChI is InChI=1S/C22H16N4O2/c1-14-20(21(25-28-14)15-6-3-2-4-7-15)18-13-26-12-16(10-11-19(26)24-18)22(27)23-17-8-5-9-17/h2-13H,1H3,(H,23,27). The summed E-state index contributed by atoms with van der Waals surface area (Å²) >= 11 is 0. The molecule has 0 saturated carbocycles. The van der Waals surface area contributed by atoms with Crippen molar-refractivity contribution in [2.45, 2.75) is 6.92 Å². The third kappa shape index (κ3) is 2.72. The number of rotatable bonds is 4. The highest BCUT2D eigenvalue weighted by Crippen LogP contribution is 2.33. The van der Waals surface area contributed by atoms with E-state index in [1.165, 1.54) is 0 Å². The minimum Gasteiger partial charge on any atom is -0.360 e. The van der Waals surface area contributed by atoms with Gasteiger partial charge in [0.15, 0.2) is 0 Å². The molecule has 0 spiro atoms. The van der Waals surface area contributed by atoms with E-state index in [1.54, 1.807) is 12.3 Å². The van der Waals surface area contributed by atoms with Gasteiger partial charge in [0, 0.05) is 23.7 Å². The maximum Gasteiger partial charge on any atom is 0.257 e. The third-order valence-electron chi connectivity index (χ3n) is 4.69. The van der Waals surface area contributed by atoms with Gasteiger partial charge in [-0.2, -0.15) is 0 Å². The molecule has 1 aromatic carbocycles. The summed E-state index contributed by atoms with van der Waals surface area (Å²) in [4.78, 5) is 17.1. The third-order valence-corrected chi connectivity index (χ3v) is 4.69. The second kappa shape index (κ2) is 6.35. The number of pyridine rings is 1. The zero-order valence-electron chi connectivity index (χ0n) is 15.1. The Morgan fingerprint density at radius 2 is 1.93 bits per heavy atom. The molecule has 3 heterocycles. The normalized spacial score (nSPS) is 12.7. The Kier molecular flexibility index (Phi) is 3.69. The average molecular weight is 368 g/mol. The van der Waals surface area contributed by atoms with Crippen molar-refractivity contribution in [3.05, 3.63) is 90.1 Å². The molecular formula is C22H16N4O2. The monoisotopic (exact) mass is 368 g/mol. The van der Waals surface area contributed by atoms with Gasteiger partial charge in [-0.25, -0.2) is 4.98 Å². The van der Waals surface area contributed by atoms with Crippen LogP contribution in [0.5, 0.6) is 0 Å². The van der Waals surface area contributed by atoms with Crippen molar-refractivity contribution in [1.82, 2.24) is 19.9 Å². The second-order valence-electron chi connectivity index (χ2n) is 6.57. The summed E-state index contributed by atoms with van der Waals surface area (Å²) in [5.41, 5.74) is 5.43. The molecule has 0 bridgehead atoms. The van der Waals surface area contributed by atoms with Crippen LogP contribution < -0.4 is 5.32 Å². The first kappa shape index (κ1) is 16.3. The molecule has 6 heteroatoms. The first-order chi connectivity index (χ1) is 13.7. The lowest BCUT2D eigenvalue weighted by Crippen LogP contribution is -2.23. The molecule has 0 unspecified atom stereocenters. The summed E-state index contributed by atoms with van der Waals surface area (Å²) in [6.45, 7) is 1.87. The van der Waals surface area contributed by atoms with E-state index in [-0.39, 0.29) is 5.91 Å². The highest BCUT2D eigenvalue weighted by atomic mass is 16.5. The van der Waals surface area contributed by atoms with Crippen LogP contribution in [0.2, 0.25) is 0 Å². The van der Waals surface area contributed by atoms with Crippen molar-refractivity contribution in [3.8, 4) is 22.5 Å². The van der Waals surface area contributed by atoms with Crippen molar-refractivity contribution in [3.63, 3.8) is 0 Å². The Morgan fingerprint density at radius 1 is 1.11 bits per heavy atom. The van der Waals surface area contributed by atoms with Crippen LogP contribution in [-0.4, -0.2) is 20.4 Å². The zero-order valence-corrected chi connectivity index (χ0v) is 15.1. The van der Waals surface area contributed by atoms with Gasteiger partial charge in [-0.3, -0.25) is 4.79 Å². The molecule has 5 rings (SSSR count). The first-order valence-corrected chi connectivity index (χ1v) is 8.89. The number of nitrogens with one attached hydrogen (secondary N) is 1. The number of nitrogens with zero attached hydrogens (tertiary/aromatic N) is 3. The molecule has 1 N–H and O–H groups in total. The van der Waals surface area contributed by atoms with Crippen molar-refractivity contribution in [1.29, 1.82) is 0 Å². The number of aromatic nitrogens is 3. The van der Waals surface area contributed by atoms with Crippen LogP contribution in [0.1, 0.15) is 16.1 Å². The predicted octanol–water partition coefficient (Wildman–Crippen LogP) is 4.15. The molecule has 28 heavy (non-hydrogen) atoms. The fraction of sp³-hybridized carbons (Fsp3) is 0.0455. The van der Waals surface area contributed by atoms with Gasteiger partial charge < -0.3 is 14.2 Å². The number of carbonyl (C=O) groups excluding carboxylic acids is 1. The SMILES string of the molecule is Cc1onc(-c2ccccc2)c1-c1cn2cc(C(=O)NC3=CC=C3)ccc2n1. The number of fused-ring (bicyclic) bond motifs is 1. The Labute approximate surface area is 160 Å². The van der Waals surface area contributed by atoms with Gasteiger partial charge in [0.05, 0.1) is 16.8 Å². The number of carbonyl (C=O) groups is 1. The highest BCUT2D eigenvalue weighted by Gasteiger charge is 2.19. The molecule has 0 aliphatic heterocycles. The van der Waals surface area contributed by atoms with Crippen LogP contribution in [0.4, 0.5) is 0 Å². The highest BCUT2D eigenvalue weighted by molar-refractivity contribution is 5.96. The molecule has 1 amide bonds. The number of hydrogen-bond donors (Lipinski definition) is 1. The van der Waals surface area contributed by atoms with Gasteiger partial charge in [-0.15, -0.1) is 0 Å². The van der Waals surface area contributed by atoms with Crippen LogP contribution >= 0.6 is 0 Å². The molecule has 0 saturated heterocycles. The topological polar surface area (TPSA) is 72.4 Å². The van der Waals surface area contributed by atoms with Gasteiger partial charge in [0.1, 0.15) is 17.1 Å². The first-order valence-electron chi connectivity index (χ1n) is 8.89. The van der Waals surface area contributed by atoms with Crippen LogP contribution in [-0.2, 0) is 0 Å². The average Bonchev–Trinajstić information content (AvgIpc) is 3.27. The number of benzene rings is 1. The molecular weight excluding hydrogens is 352 g/mol. The van der Waals surface area contributed by atoms with Gasteiger partial charge in [-0.1, -0.05) is 41.6 Å². The number of amides is 1. The minimum absolute atomic E-state index is 0.154. The second-order valence-corrected chi connectivity index (χ2v) is 6.57.